The van der Waals surface area contributed by atoms with E-state index in [0.29, 0.717) is 12.8 Å². The second kappa shape index (κ2) is 5.79. The van der Waals surface area contributed by atoms with Crippen LogP contribution in [0.25, 0.3) is 0 Å². The van der Waals surface area contributed by atoms with Crippen molar-refractivity contribution < 1.29 is 19.4 Å². The van der Waals surface area contributed by atoms with E-state index >= 15 is 0 Å². The molecule has 0 aromatic carbocycles. The lowest BCUT2D eigenvalue weighted by Gasteiger charge is -2.17. The maximum atomic E-state index is 12.0. The Bertz CT molecular complexity index is 463. The molecule has 3 atom stereocenters. The first kappa shape index (κ1) is 13.5. The van der Waals surface area contributed by atoms with Gasteiger partial charge in [-0.1, -0.05) is 0 Å². The molecule has 2 rings (SSSR count). The van der Waals surface area contributed by atoms with Crippen LogP contribution < -0.4 is 5.32 Å². The number of aromatic nitrogens is 1. The maximum absolute atomic E-state index is 12.0. The van der Waals surface area contributed by atoms with Crippen LogP contribution in [-0.2, 0) is 14.3 Å². The fourth-order valence-electron chi connectivity index (χ4n) is 2.05. The number of ether oxygens (including phenoxy) is 1. The number of hydrogen-bond donors (Lipinski definition) is 2. The SMILES string of the molecule is CC(NC(=O)C1CCC(C(=O)O)O1)c1ccncc1. The maximum Gasteiger partial charge on any atom is 0.332 e. The highest BCUT2D eigenvalue weighted by molar-refractivity contribution is 5.82. The van der Waals surface area contributed by atoms with Gasteiger partial charge in [0.1, 0.15) is 6.10 Å². The van der Waals surface area contributed by atoms with Crippen molar-refractivity contribution in [2.75, 3.05) is 0 Å². The molecule has 1 aromatic heterocycles. The highest BCUT2D eigenvalue weighted by Crippen LogP contribution is 2.21. The molecule has 0 radical (unpaired) electrons. The summed E-state index contributed by atoms with van der Waals surface area (Å²) in [5, 5.41) is 11.6. The van der Waals surface area contributed by atoms with Gasteiger partial charge in [-0.3, -0.25) is 9.78 Å². The van der Waals surface area contributed by atoms with Crippen LogP contribution in [0.4, 0.5) is 0 Å². The lowest BCUT2D eigenvalue weighted by Crippen LogP contribution is -2.37. The van der Waals surface area contributed by atoms with E-state index in [9.17, 15) is 9.59 Å². The minimum Gasteiger partial charge on any atom is -0.479 e. The molecule has 0 aliphatic carbocycles. The van der Waals surface area contributed by atoms with Gasteiger partial charge in [0.2, 0.25) is 5.91 Å². The van der Waals surface area contributed by atoms with Crippen LogP contribution in [0.5, 0.6) is 0 Å². The van der Waals surface area contributed by atoms with Gasteiger partial charge in [0.05, 0.1) is 6.04 Å². The number of nitrogens with one attached hydrogen (secondary N) is 1. The van der Waals surface area contributed by atoms with E-state index in [1.54, 1.807) is 12.4 Å². The van der Waals surface area contributed by atoms with Crippen molar-refractivity contribution in [3.63, 3.8) is 0 Å². The summed E-state index contributed by atoms with van der Waals surface area (Å²) in [4.78, 5) is 26.6. The number of carboxylic acids is 1. The van der Waals surface area contributed by atoms with E-state index in [-0.39, 0.29) is 11.9 Å². The Morgan fingerprint density at radius 1 is 1.37 bits per heavy atom. The molecular formula is C13H16N2O4. The highest BCUT2D eigenvalue weighted by Gasteiger charge is 2.35. The third-order valence-electron chi connectivity index (χ3n) is 3.15. The molecule has 0 bridgehead atoms. The predicted molar refractivity (Wildman–Crippen MR) is 66.3 cm³/mol. The molecular weight excluding hydrogens is 248 g/mol. The number of carbonyl (C=O) groups excluding carboxylic acids is 1. The number of carbonyl (C=O) groups is 2. The fourth-order valence-corrected chi connectivity index (χ4v) is 2.05. The Kier molecular flexibility index (Phi) is 4.11. The second-order valence-electron chi connectivity index (χ2n) is 4.54. The van der Waals surface area contributed by atoms with E-state index in [1.807, 2.05) is 19.1 Å². The van der Waals surface area contributed by atoms with Gasteiger partial charge in [0, 0.05) is 12.4 Å². The molecule has 2 N–H and O–H groups in total. The normalized spacial score (nSPS) is 23.8. The van der Waals surface area contributed by atoms with Crippen molar-refractivity contribution in [2.45, 2.75) is 38.0 Å². The van der Waals surface area contributed by atoms with Crippen molar-refractivity contribution in [1.29, 1.82) is 0 Å². The van der Waals surface area contributed by atoms with Crippen LogP contribution in [0.2, 0.25) is 0 Å². The van der Waals surface area contributed by atoms with Gasteiger partial charge in [0.15, 0.2) is 6.10 Å². The largest absolute Gasteiger partial charge is 0.479 e. The van der Waals surface area contributed by atoms with E-state index in [4.69, 9.17) is 9.84 Å². The smallest absolute Gasteiger partial charge is 0.332 e. The number of carboxylic acid groups (broad SMARTS) is 1. The standard InChI is InChI=1S/C13H16N2O4/c1-8(9-4-6-14-7-5-9)15-12(16)10-2-3-11(19-10)13(17)18/h4-8,10-11H,2-3H2,1H3,(H,15,16)(H,17,18). The lowest BCUT2D eigenvalue weighted by molar-refractivity contribution is -0.151. The average Bonchev–Trinajstić information content (AvgIpc) is 2.89. The molecule has 102 valence electrons. The molecule has 1 aliphatic rings. The second-order valence-corrected chi connectivity index (χ2v) is 4.54. The summed E-state index contributed by atoms with van der Waals surface area (Å²) in [6.07, 6.45) is 2.58. The zero-order chi connectivity index (χ0) is 13.8. The zero-order valence-corrected chi connectivity index (χ0v) is 10.6. The summed E-state index contributed by atoms with van der Waals surface area (Å²) in [6, 6.07) is 3.48. The Morgan fingerprint density at radius 2 is 2.00 bits per heavy atom. The first-order chi connectivity index (χ1) is 9.08. The first-order valence-electron chi connectivity index (χ1n) is 6.16. The van der Waals surface area contributed by atoms with Gasteiger partial charge in [-0.25, -0.2) is 4.79 Å². The third-order valence-corrected chi connectivity index (χ3v) is 3.15. The van der Waals surface area contributed by atoms with E-state index in [0.717, 1.165) is 5.56 Å². The summed E-state index contributed by atoms with van der Waals surface area (Å²) in [5.74, 6) is -1.29. The Morgan fingerprint density at radius 3 is 2.58 bits per heavy atom. The molecule has 6 nitrogen and oxygen atoms in total. The van der Waals surface area contributed by atoms with Crippen LogP contribution >= 0.6 is 0 Å². The van der Waals surface area contributed by atoms with Gasteiger partial charge in [-0.15, -0.1) is 0 Å². The number of aliphatic carboxylic acids is 1. The van der Waals surface area contributed by atoms with Crippen LogP contribution in [-0.4, -0.2) is 34.2 Å². The molecule has 1 saturated heterocycles. The zero-order valence-electron chi connectivity index (χ0n) is 10.6. The van der Waals surface area contributed by atoms with Crippen LogP contribution in [0, 0.1) is 0 Å². The molecule has 1 amide bonds. The highest BCUT2D eigenvalue weighted by atomic mass is 16.5. The number of pyridine rings is 1. The van der Waals surface area contributed by atoms with Crippen molar-refractivity contribution in [2.24, 2.45) is 0 Å². The molecule has 6 heteroatoms. The van der Waals surface area contributed by atoms with Gasteiger partial charge in [-0.05, 0) is 37.5 Å². The van der Waals surface area contributed by atoms with Gasteiger partial charge >= 0.3 is 5.97 Å². The Labute approximate surface area is 110 Å². The summed E-state index contributed by atoms with van der Waals surface area (Å²) >= 11 is 0. The number of rotatable bonds is 4. The number of nitrogens with zero attached hydrogens (tertiary/aromatic N) is 1. The summed E-state index contributed by atoms with van der Waals surface area (Å²) < 4.78 is 5.20. The molecule has 1 fully saturated rings. The average molecular weight is 264 g/mol. The quantitative estimate of drug-likeness (QED) is 0.843. The summed E-state index contributed by atoms with van der Waals surface area (Å²) in [5.41, 5.74) is 0.941. The first-order valence-corrected chi connectivity index (χ1v) is 6.16. The lowest BCUT2D eigenvalue weighted by atomic mass is 10.1. The molecule has 2 heterocycles. The van der Waals surface area contributed by atoms with Crippen molar-refractivity contribution in [3.8, 4) is 0 Å². The fraction of sp³-hybridized carbons (Fsp3) is 0.462. The number of hydrogen-bond acceptors (Lipinski definition) is 4. The van der Waals surface area contributed by atoms with Crippen molar-refractivity contribution in [3.05, 3.63) is 30.1 Å². The molecule has 19 heavy (non-hydrogen) atoms. The van der Waals surface area contributed by atoms with Crippen LogP contribution in [0.1, 0.15) is 31.4 Å². The summed E-state index contributed by atoms with van der Waals surface area (Å²) in [6.45, 7) is 1.86. The van der Waals surface area contributed by atoms with Crippen molar-refractivity contribution >= 4 is 11.9 Å². The molecule has 3 unspecified atom stereocenters. The van der Waals surface area contributed by atoms with E-state index in [1.165, 1.54) is 0 Å². The van der Waals surface area contributed by atoms with Crippen LogP contribution in [0.3, 0.4) is 0 Å². The Balaban J connectivity index is 1.90. The van der Waals surface area contributed by atoms with Crippen molar-refractivity contribution in [1.82, 2.24) is 10.3 Å². The monoisotopic (exact) mass is 264 g/mol. The minimum absolute atomic E-state index is 0.164. The van der Waals surface area contributed by atoms with Gasteiger partial charge < -0.3 is 15.2 Å². The molecule has 1 aliphatic heterocycles. The minimum atomic E-state index is -1.02. The predicted octanol–water partition coefficient (Wildman–Crippen LogP) is 0.891. The topological polar surface area (TPSA) is 88.5 Å². The van der Waals surface area contributed by atoms with Crippen LogP contribution in [0.15, 0.2) is 24.5 Å². The molecule has 1 aromatic rings. The molecule has 0 spiro atoms. The van der Waals surface area contributed by atoms with E-state index < -0.39 is 18.2 Å². The third kappa shape index (κ3) is 3.29. The van der Waals surface area contributed by atoms with E-state index in [2.05, 4.69) is 10.3 Å². The number of amides is 1. The molecule has 0 saturated carbocycles. The Hall–Kier alpha value is -1.95. The van der Waals surface area contributed by atoms with Gasteiger partial charge in [-0.2, -0.15) is 0 Å². The van der Waals surface area contributed by atoms with Gasteiger partial charge in [0.25, 0.3) is 0 Å². The summed E-state index contributed by atoms with van der Waals surface area (Å²) in [7, 11) is 0.